The minimum atomic E-state index is -0.237. The van der Waals surface area contributed by atoms with Crippen LogP contribution in [0.1, 0.15) is 23.2 Å². The van der Waals surface area contributed by atoms with Crippen LogP contribution in [-0.2, 0) is 4.74 Å². The van der Waals surface area contributed by atoms with Crippen molar-refractivity contribution >= 4 is 22.6 Å². The number of carbonyl (C=O) groups excluding carboxylic acids is 1. The number of hydrogen-bond acceptors (Lipinski definition) is 5. The number of benzene rings is 2. The first-order chi connectivity index (χ1) is 13.7. The van der Waals surface area contributed by atoms with Gasteiger partial charge < -0.3 is 19.2 Å². The number of nitrogens with one attached hydrogen (secondary N) is 1. The molecule has 0 saturated carbocycles. The summed E-state index contributed by atoms with van der Waals surface area (Å²) in [4.78, 5) is 17.4. The molecule has 1 amide bonds. The van der Waals surface area contributed by atoms with Gasteiger partial charge in [-0.3, -0.25) is 4.79 Å². The molecule has 0 radical (unpaired) electrons. The topological polar surface area (TPSA) is 73.1 Å². The summed E-state index contributed by atoms with van der Waals surface area (Å²) in [5.74, 6) is 0.354. The summed E-state index contributed by atoms with van der Waals surface area (Å²) in [7, 11) is 1.58. The van der Waals surface area contributed by atoms with E-state index in [1.54, 1.807) is 13.2 Å². The number of amides is 1. The Kier molecular flexibility index (Phi) is 5.39. The molecule has 1 atom stereocenters. The maximum absolute atomic E-state index is 12.9. The molecule has 0 bridgehead atoms. The maximum Gasteiger partial charge on any atom is 0.256 e. The molecule has 1 saturated heterocycles. The molecule has 28 heavy (non-hydrogen) atoms. The number of fused-ring (bicyclic) bond motifs is 1. The van der Waals surface area contributed by atoms with Crippen molar-refractivity contribution in [3.63, 3.8) is 0 Å². The van der Waals surface area contributed by atoms with Crippen molar-refractivity contribution in [1.29, 1.82) is 0 Å². The van der Waals surface area contributed by atoms with Gasteiger partial charge in [0.05, 0.1) is 18.9 Å². The molecule has 6 nitrogen and oxygen atoms in total. The van der Waals surface area contributed by atoms with Crippen molar-refractivity contribution in [1.82, 2.24) is 5.32 Å². The van der Waals surface area contributed by atoms with Crippen LogP contribution in [0.3, 0.4) is 0 Å². The lowest BCUT2D eigenvalue weighted by molar-refractivity contribution is 0.0854. The maximum atomic E-state index is 12.9. The van der Waals surface area contributed by atoms with Gasteiger partial charge in [0.15, 0.2) is 11.3 Å². The molecule has 1 N–H and O–H groups in total. The molecule has 1 fully saturated rings. The minimum Gasteiger partial charge on any atom is -0.493 e. The molecule has 144 valence electrons. The van der Waals surface area contributed by atoms with E-state index >= 15 is 0 Å². The molecular formula is C22H22N2O4. The smallest absolute Gasteiger partial charge is 0.256 e. The Morgan fingerprint density at radius 2 is 2.07 bits per heavy atom. The Bertz CT molecular complexity index is 1040. The normalized spacial score (nSPS) is 17.0. The van der Waals surface area contributed by atoms with Crippen LogP contribution >= 0.6 is 0 Å². The van der Waals surface area contributed by atoms with Gasteiger partial charge in [0.25, 0.3) is 5.91 Å². The number of rotatable bonds is 5. The predicted molar refractivity (Wildman–Crippen MR) is 106 cm³/mol. The number of carbonyl (C=O) groups is 1. The first-order valence-electron chi connectivity index (χ1n) is 9.35. The Balaban J connectivity index is 1.77. The van der Waals surface area contributed by atoms with E-state index in [1.807, 2.05) is 48.5 Å². The number of hydrogen-bond donors (Lipinski definition) is 1. The number of para-hydroxylation sites is 2. The second-order valence-electron chi connectivity index (χ2n) is 6.64. The zero-order valence-electron chi connectivity index (χ0n) is 15.7. The summed E-state index contributed by atoms with van der Waals surface area (Å²) < 4.78 is 17.0. The Hall–Kier alpha value is -3.12. The van der Waals surface area contributed by atoms with Gasteiger partial charge in [0.2, 0.25) is 5.55 Å². The highest BCUT2D eigenvalue weighted by atomic mass is 16.5. The standard InChI is InChI=1S/C22H22N2O4/c1-26-19-11-5-7-15-13-18(21(25)23-14-17-10-6-12-27-17)22(28-20(15)19)24-16-8-3-2-4-9-16/h2-5,7-9,11,13,17H,6,10,12,14H2,1H3,(H,23,25)/t17-/m0/s1. The van der Waals surface area contributed by atoms with E-state index < -0.39 is 0 Å². The van der Waals surface area contributed by atoms with Crippen LogP contribution in [0.2, 0.25) is 0 Å². The van der Waals surface area contributed by atoms with Gasteiger partial charge in [-0.15, -0.1) is 0 Å². The van der Waals surface area contributed by atoms with E-state index in [2.05, 4.69) is 10.3 Å². The van der Waals surface area contributed by atoms with E-state index in [4.69, 9.17) is 13.9 Å². The van der Waals surface area contributed by atoms with Crippen LogP contribution in [0.25, 0.3) is 11.0 Å². The Morgan fingerprint density at radius 1 is 1.21 bits per heavy atom. The van der Waals surface area contributed by atoms with Gasteiger partial charge in [-0.25, -0.2) is 4.99 Å². The van der Waals surface area contributed by atoms with E-state index in [0.29, 0.717) is 29.1 Å². The van der Waals surface area contributed by atoms with E-state index in [9.17, 15) is 4.79 Å². The second kappa shape index (κ2) is 8.27. The molecule has 0 aliphatic carbocycles. The zero-order valence-corrected chi connectivity index (χ0v) is 15.7. The third-order valence-electron chi connectivity index (χ3n) is 4.70. The molecule has 2 aromatic carbocycles. The van der Waals surface area contributed by atoms with Crippen molar-refractivity contribution < 1.29 is 18.7 Å². The molecule has 1 aliphatic heterocycles. The molecule has 3 aromatic rings. The lowest BCUT2D eigenvalue weighted by Gasteiger charge is -2.11. The van der Waals surface area contributed by atoms with Gasteiger partial charge in [-0.2, -0.15) is 0 Å². The summed E-state index contributed by atoms with van der Waals surface area (Å²) >= 11 is 0. The first kappa shape index (κ1) is 18.3. The summed E-state index contributed by atoms with van der Waals surface area (Å²) in [6.07, 6.45) is 2.05. The van der Waals surface area contributed by atoms with Crippen LogP contribution in [0.5, 0.6) is 5.75 Å². The van der Waals surface area contributed by atoms with Crippen LogP contribution in [0.15, 0.2) is 64.0 Å². The SMILES string of the molecule is COc1cccc2cc(C(=O)NC[C@@H]3CCCO3)c(=Nc3ccccc3)oc12. The number of ether oxygens (including phenoxy) is 2. The highest BCUT2D eigenvalue weighted by Crippen LogP contribution is 2.25. The summed E-state index contributed by atoms with van der Waals surface area (Å²) in [6, 6.07) is 16.7. The molecule has 2 heterocycles. The Labute approximate surface area is 162 Å². The van der Waals surface area contributed by atoms with E-state index in [0.717, 1.165) is 24.8 Å². The predicted octanol–water partition coefficient (Wildman–Crippen LogP) is 3.58. The van der Waals surface area contributed by atoms with Crippen molar-refractivity contribution in [2.24, 2.45) is 4.99 Å². The van der Waals surface area contributed by atoms with Gasteiger partial charge >= 0.3 is 0 Å². The summed E-state index contributed by atoms with van der Waals surface area (Å²) in [5, 5.41) is 3.72. The summed E-state index contributed by atoms with van der Waals surface area (Å²) in [6.45, 7) is 1.22. The molecule has 0 spiro atoms. The quantitative estimate of drug-likeness (QED) is 0.736. The van der Waals surface area contributed by atoms with Crippen LogP contribution in [0.4, 0.5) is 5.69 Å². The third kappa shape index (κ3) is 3.92. The van der Waals surface area contributed by atoms with Gasteiger partial charge in [0.1, 0.15) is 5.56 Å². The molecular weight excluding hydrogens is 356 g/mol. The summed E-state index contributed by atoms with van der Waals surface area (Å²) in [5.41, 5.74) is 1.87. The monoisotopic (exact) mass is 378 g/mol. The Morgan fingerprint density at radius 3 is 2.82 bits per heavy atom. The van der Waals surface area contributed by atoms with Gasteiger partial charge in [-0.05, 0) is 37.1 Å². The number of methoxy groups -OCH3 is 1. The minimum absolute atomic E-state index is 0.0657. The van der Waals surface area contributed by atoms with Gasteiger partial charge in [-0.1, -0.05) is 30.3 Å². The van der Waals surface area contributed by atoms with Crippen LogP contribution < -0.4 is 15.6 Å². The lowest BCUT2D eigenvalue weighted by atomic mass is 10.1. The average molecular weight is 378 g/mol. The van der Waals surface area contributed by atoms with Crippen LogP contribution in [0, 0.1) is 0 Å². The molecule has 4 rings (SSSR count). The fourth-order valence-corrected chi connectivity index (χ4v) is 3.26. The van der Waals surface area contributed by atoms with E-state index in [1.165, 1.54) is 0 Å². The third-order valence-corrected chi connectivity index (χ3v) is 4.70. The highest BCUT2D eigenvalue weighted by Gasteiger charge is 2.19. The van der Waals surface area contributed by atoms with Gasteiger partial charge in [0, 0.05) is 18.5 Å². The van der Waals surface area contributed by atoms with Crippen molar-refractivity contribution in [3.05, 3.63) is 65.7 Å². The molecule has 1 aliphatic rings. The van der Waals surface area contributed by atoms with E-state index in [-0.39, 0.29) is 17.6 Å². The zero-order chi connectivity index (χ0) is 19.3. The fraction of sp³-hybridized carbons (Fsp3) is 0.273. The average Bonchev–Trinajstić information content (AvgIpc) is 3.25. The van der Waals surface area contributed by atoms with Crippen molar-refractivity contribution in [2.75, 3.05) is 20.3 Å². The molecule has 1 aromatic heterocycles. The highest BCUT2D eigenvalue weighted by molar-refractivity contribution is 5.97. The molecule has 0 unspecified atom stereocenters. The van der Waals surface area contributed by atoms with Crippen LogP contribution in [-0.4, -0.2) is 32.3 Å². The molecule has 6 heteroatoms. The van der Waals surface area contributed by atoms with Crippen molar-refractivity contribution in [2.45, 2.75) is 18.9 Å². The lowest BCUT2D eigenvalue weighted by Crippen LogP contribution is -2.34. The van der Waals surface area contributed by atoms with Crippen molar-refractivity contribution in [3.8, 4) is 5.75 Å². The largest absolute Gasteiger partial charge is 0.493 e. The fourth-order valence-electron chi connectivity index (χ4n) is 3.26. The second-order valence-corrected chi connectivity index (χ2v) is 6.64. The number of nitrogens with zero attached hydrogens (tertiary/aromatic N) is 1. The first-order valence-corrected chi connectivity index (χ1v) is 9.35.